The van der Waals surface area contributed by atoms with Gasteiger partial charge in [-0.05, 0) is 24.3 Å². The maximum Gasteiger partial charge on any atom is 0.243 e. The van der Waals surface area contributed by atoms with Gasteiger partial charge in [-0.15, -0.1) is 0 Å². The highest BCUT2D eigenvalue weighted by Crippen LogP contribution is 2.34. The summed E-state index contributed by atoms with van der Waals surface area (Å²) in [5, 5.41) is 6.72. The Bertz CT molecular complexity index is 908. The summed E-state index contributed by atoms with van der Waals surface area (Å²) in [5.41, 5.74) is 1.48. The van der Waals surface area contributed by atoms with Crippen molar-refractivity contribution in [2.24, 2.45) is 0 Å². The second-order valence-electron chi connectivity index (χ2n) is 5.21. The van der Waals surface area contributed by atoms with Crippen molar-refractivity contribution in [3.63, 3.8) is 0 Å². The molecule has 2 aromatic carbocycles. The number of anilines is 2. The molecule has 1 aromatic heterocycles. The highest BCUT2D eigenvalue weighted by atomic mass is 16.7. The number of rotatable bonds is 4. The summed E-state index contributed by atoms with van der Waals surface area (Å²) in [5.74, 6) is 1.75. The van der Waals surface area contributed by atoms with Crippen LogP contribution in [0.2, 0.25) is 0 Å². The molecule has 0 atom stereocenters. The molecule has 2 N–H and O–H groups in total. The smallest absolute Gasteiger partial charge is 0.243 e. The first-order valence-electron chi connectivity index (χ1n) is 7.43. The highest BCUT2D eigenvalue weighted by molar-refractivity contribution is 5.96. The van der Waals surface area contributed by atoms with Crippen molar-refractivity contribution in [2.75, 3.05) is 24.0 Å². The number of nitrogens with zero attached hydrogens (tertiary/aromatic N) is 2. The molecule has 4 rings (SSSR count). The number of aromatic nitrogens is 2. The van der Waals surface area contributed by atoms with E-state index in [-0.39, 0.29) is 19.2 Å². The Labute approximate surface area is 137 Å². The van der Waals surface area contributed by atoms with Crippen LogP contribution >= 0.6 is 0 Å². The molecule has 0 spiro atoms. The predicted octanol–water partition coefficient (Wildman–Crippen LogP) is 2.41. The largest absolute Gasteiger partial charge is 0.454 e. The van der Waals surface area contributed by atoms with Gasteiger partial charge >= 0.3 is 0 Å². The number of hydrogen-bond donors (Lipinski definition) is 2. The Kier molecular flexibility index (Phi) is 3.59. The molecular formula is C17H14N4O3. The van der Waals surface area contributed by atoms with Gasteiger partial charge in [-0.3, -0.25) is 4.79 Å². The van der Waals surface area contributed by atoms with Gasteiger partial charge in [0.05, 0.1) is 12.1 Å². The molecule has 1 aliphatic rings. The van der Waals surface area contributed by atoms with Crippen molar-refractivity contribution in [1.29, 1.82) is 0 Å². The zero-order chi connectivity index (χ0) is 16.4. The number of benzene rings is 2. The third kappa shape index (κ3) is 2.79. The lowest BCUT2D eigenvalue weighted by Crippen LogP contribution is -2.22. The number of nitrogens with one attached hydrogen (secondary N) is 2. The van der Waals surface area contributed by atoms with Crippen molar-refractivity contribution in [3.8, 4) is 11.5 Å². The number of fused-ring (bicyclic) bond motifs is 2. The quantitative estimate of drug-likeness (QED) is 0.767. The van der Waals surface area contributed by atoms with Crippen LogP contribution < -0.4 is 20.1 Å². The van der Waals surface area contributed by atoms with Gasteiger partial charge in [-0.2, -0.15) is 0 Å². The van der Waals surface area contributed by atoms with Gasteiger partial charge in [0.1, 0.15) is 12.1 Å². The number of carbonyl (C=O) groups excluding carboxylic acids is 1. The Hall–Kier alpha value is -3.35. The molecule has 7 heteroatoms. The van der Waals surface area contributed by atoms with Crippen LogP contribution in [0, 0.1) is 0 Å². The topological polar surface area (TPSA) is 85.4 Å². The minimum atomic E-state index is -0.184. The molecule has 7 nitrogen and oxygen atoms in total. The van der Waals surface area contributed by atoms with Gasteiger partial charge in [-0.1, -0.05) is 12.1 Å². The Morgan fingerprint density at radius 2 is 1.96 bits per heavy atom. The Morgan fingerprint density at radius 1 is 1.08 bits per heavy atom. The van der Waals surface area contributed by atoms with Gasteiger partial charge in [-0.25, -0.2) is 9.97 Å². The number of ether oxygens (including phenoxy) is 2. The molecule has 24 heavy (non-hydrogen) atoms. The molecule has 120 valence electrons. The van der Waals surface area contributed by atoms with Gasteiger partial charge in [0.2, 0.25) is 12.7 Å². The van der Waals surface area contributed by atoms with Crippen LogP contribution in [0.4, 0.5) is 11.5 Å². The fourth-order valence-corrected chi connectivity index (χ4v) is 2.49. The van der Waals surface area contributed by atoms with E-state index in [0.29, 0.717) is 23.0 Å². The summed E-state index contributed by atoms with van der Waals surface area (Å²) in [6, 6.07) is 12.9. The summed E-state index contributed by atoms with van der Waals surface area (Å²) >= 11 is 0. The monoisotopic (exact) mass is 322 g/mol. The molecule has 0 saturated carbocycles. The molecular weight excluding hydrogens is 308 g/mol. The molecule has 0 fully saturated rings. The van der Waals surface area contributed by atoms with Crippen LogP contribution in [0.15, 0.2) is 48.8 Å². The minimum Gasteiger partial charge on any atom is -0.454 e. The number of hydrogen-bond acceptors (Lipinski definition) is 6. The molecule has 2 heterocycles. The lowest BCUT2D eigenvalue weighted by atomic mass is 10.2. The van der Waals surface area contributed by atoms with E-state index < -0.39 is 0 Å². The summed E-state index contributed by atoms with van der Waals surface area (Å²) in [6.07, 6.45) is 1.47. The molecule has 0 aliphatic carbocycles. The maximum atomic E-state index is 12.1. The maximum absolute atomic E-state index is 12.1. The van der Waals surface area contributed by atoms with Crippen LogP contribution in [0.1, 0.15) is 0 Å². The number of carbonyl (C=O) groups is 1. The molecule has 3 aromatic rings. The lowest BCUT2D eigenvalue weighted by Gasteiger charge is -2.09. The fraction of sp³-hybridized carbons (Fsp3) is 0.118. The van der Waals surface area contributed by atoms with E-state index in [1.165, 1.54) is 6.33 Å². The second kappa shape index (κ2) is 6.04. The average molecular weight is 322 g/mol. The third-order valence-electron chi connectivity index (χ3n) is 3.62. The first kappa shape index (κ1) is 14.3. The van der Waals surface area contributed by atoms with Crippen molar-refractivity contribution in [3.05, 3.63) is 48.8 Å². The van der Waals surface area contributed by atoms with Crippen molar-refractivity contribution in [1.82, 2.24) is 9.97 Å². The van der Waals surface area contributed by atoms with Crippen molar-refractivity contribution in [2.45, 2.75) is 0 Å². The molecule has 0 radical (unpaired) electrons. The molecule has 0 bridgehead atoms. The van der Waals surface area contributed by atoms with Gasteiger partial charge in [0, 0.05) is 17.1 Å². The fourth-order valence-electron chi connectivity index (χ4n) is 2.49. The lowest BCUT2D eigenvalue weighted by molar-refractivity contribution is -0.114. The molecule has 0 saturated heterocycles. The van der Waals surface area contributed by atoms with Crippen molar-refractivity contribution < 1.29 is 14.3 Å². The summed E-state index contributed by atoms with van der Waals surface area (Å²) in [6.45, 7) is 0.296. The van der Waals surface area contributed by atoms with E-state index in [1.807, 2.05) is 24.3 Å². The first-order valence-corrected chi connectivity index (χ1v) is 7.43. The van der Waals surface area contributed by atoms with Crippen LogP contribution in [-0.4, -0.2) is 29.2 Å². The van der Waals surface area contributed by atoms with E-state index in [1.54, 1.807) is 18.2 Å². The SMILES string of the molecule is O=C(CNc1ncnc2ccccc12)Nc1ccc2c(c1)OCO2. The van der Waals surface area contributed by atoms with E-state index >= 15 is 0 Å². The second-order valence-corrected chi connectivity index (χ2v) is 5.21. The van der Waals surface area contributed by atoms with Crippen LogP contribution in [0.25, 0.3) is 10.9 Å². The summed E-state index contributed by atoms with van der Waals surface area (Å²) in [4.78, 5) is 20.5. The van der Waals surface area contributed by atoms with E-state index in [9.17, 15) is 4.79 Å². The van der Waals surface area contributed by atoms with E-state index in [2.05, 4.69) is 20.6 Å². The van der Waals surface area contributed by atoms with Crippen LogP contribution in [0.5, 0.6) is 11.5 Å². The van der Waals surface area contributed by atoms with E-state index in [4.69, 9.17) is 9.47 Å². The predicted molar refractivity (Wildman–Crippen MR) is 89.2 cm³/mol. The van der Waals surface area contributed by atoms with Gasteiger partial charge in [0.15, 0.2) is 11.5 Å². The third-order valence-corrected chi connectivity index (χ3v) is 3.62. The zero-order valence-corrected chi connectivity index (χ0v) is 12.7. The average Bonchev–Trinajstić information content (AvgIpc) is 3.07. The Morgan fingerprint density at radius 3 is 2.92 bits per heavy atom. The number of para-hydroxylation sites is 1. The molecule has 0 unspecified atom stereocenters. The minimum absolute atomic E-state index is 0.0927. The molecule has 1 aliphatic heterocycles. The summed E-state index contributed by atoms with van der Waals surface area (Å²) in [7, 11) is 0. The van der Waals surface area contributed by atoms with Gasteiger partial charge < -0.3 is 20.1 Å². The van der Waals surface area contributed by atoms with E-state index in [0.717, 1.165) is 10.9 Å². The first-order chi connectivity index (χ1) is 11.8. The van der Waals surface area contributed by atoms with Gasteiger partial charge in [0.25, 0.3) is 0 Å². The number of amides is 1. The zero-order valence-electron chi connectivity index (χ0n) is 12.7. The Balaban J connectivity index is 1.43. The normalized spacial score (nSPS) is 12.2. The van der Waals surface area contributed by atoms with Crippen molar-refractivity contribution >= 4 is 28.3 Å². The van der Waals surface area contributed by atoms with Crippen LogP contribution in [-0.2, 0) is 4.79 Å². The highest BCUT2D eigenvalue weighted by Gasteiger charge is 2.14. The summed E-state index contributed by atoms with van der Waals surface area (Å²) < 4.78 is 10.5. The van der Waals surface area contributed by atoms with Crippen LogP contribution in [0.3, 0.4) is 0 Å². The molecule has 1 amide bonds. The standard InChI is InChI=1S/C17H14N4O3/c22-16(21-11-5-6-14-15(7-11)24-10-23-14)8-18-17-12-3-1-2-4-13(12)19-9-20-17/h1-7,9H,8,10H2,(H,21,22)(H,18,19,20).